The molecule has 0 saturated carbocycles. The summed E-state index contributed by atoms with van der Waals surface area (Å²) < 4.78 is 37.9. The average molecular weight is 405 g/mol. The highest BCUT2D eigenvalue weighted by atomic mass is 19.1. The maximum atomic E-state index is 13.5. The molecule has 1 aromatic heterocycles. The maximum absolute atomic E-state index is 13.5. The van der Waals surface area contributed by atoms with Crippen molar-refractivity contribution in [1.29, 1.82) is 0 Å². The van der Waals surface area contributed by atoms with Gasteiger partial charge in [0.1, 0.15) is 23.1 Å². The number of ether oxygens (including phenoxy) is 1. The predicted molar refractivity (Wildman–Crippen MR) is 102 cm³/mol. The Bertz CT molecular complexity index is 866. The molecule has 1 aromatic carbocycles. The van der Waals surface area contributed by atoms with Crippen molar-refractivity contribution >= 4 is 5.91 Å². The van der Waals surface area contributed by atoms with Gasteiger partial charge in [-0.1, -0.05) is 0 Å². The monoisotopic (exact) mass is 405 g/mol. The number of benzene rings is 1. The van der Waals surface area contributed by atoms with Crippen molar-refractivity contribution in [3.05, 3.63) is 41.3 Å². The summed E-state index contributed by atoms with van der Waals surface area (Å²) in [5, 5.41) is 0. The molecule has 8 heteroatoms. The summed E-state index contributed by atoms with van der Waals surface area (Å²) >= 11 is 0. The molecular weight excluding hydrogens is 380 g/mol. The van der Waals surface area contributed by atoms with E-state index in [2.05, 4.69) is 9.88 Å². The highest BCUT2D eigenvalue weighted by molar-refractivity contribution is 5.79. The fourth-order valence-electron chi connectivity index (χ4n) is 4.13. The largest absolute Gasteiger partial charge is 0.441 e. The molecule has 0 bridgehead atoms. The van der Waals surface area contributed by atoms with Crippen LogP contribution in [0.15, 0.2) is 22.6 Å². The second kappa shape index (κ2) is 8.59. The molecule has 0 spiro atoms. The van der Waals surface area contributed by atoms with Gasteiger partial charge in [0.05, 0.1) is 19.1 Å². The molecule has 1 unspecified atom stereocenters. The van der Waals surface area contributed by atoms with E-state index in [4.69, 9.17) is 9.15 Å². The van der Waals surface area contributed by atoms with E-state index < -0.39 is 11.6 Å². The van der Waals surface area contributed by atoms with Crippen LogP contribution in [0.2, 0.25) is 0 Å². The highest BCUT2D eigenvalue weighted by Crippen LogP contribution is 2.29. The van der Waals surface area contributed by atoms with E-state index in [1.165, 1.54) is 12.1 Å². The summed E-state index contributed by atoms with van der Waals surface area (Å²) in [7, 11) is 1.68. The summed E-state index contributed by atoms with van der Waals surface area (Å²) in [6.07, 6.45) is 2.43. The summed E-state index contributed by atoms with van der Waals surface area (Å²) in [5.74, 6) is -0.373. The number of rotatable bonds is 5. The molecule has 0 aliphatic carbocycles. The van der Waals surface area contributed by atoms with Gasteiger partial charge in [-0.05, 0) is 31.5 Å². The quantitative estimate of drug-likeness (QED) is 0.766. The van der Waals surface area contributed by atoms with Crippen molar-refractivity contribution in [2.24, 2.45) is 5.92 Å². The van der Waals surface area contributed by atoms with Gasteiger partial charge in [0, 0.05) is 44.8 Å². The number of fused-ring (bicyclic) bond motifs is 1. The van der Waals surface area contributed by atoms with Crippen LogP contribution in [-0.4, -0.2) is 60.6 Å². The van der Waals surface area contributed by atoms with E-state index in [-0.39, 0.29) is 23.3 Å². The molecule has 2 aliphatic rings. The lowest BCUT2D eigenvalue weighted by Crippen LogP contribution is -2.46. The van der Waals surface area contributed by atoms with Crippen molar-refractivity contribution in [2.75, 3.05) is 39.9 Å². The molecule has 1 saturated heterocycles. The first-order valence-corrected chi connectivity index (χ1v) is 9.98. The highest BCUT2D eigenvalue weighted by Gasteiger charge is 2.32. The van der Waals surface area contributed by atoms with E-state index >= 15 is 0 Å². The standard InChI is InChI=1S/C21H25F2N3O3/c1-28-8-7-25-5-2-3-14(12-25)21(27)26-6-4-19-18(13-26)24-20(29-19)15-9-16(22)11-17(23)10-15/h9-11,14H,2-8,12-13H2,1H3. The van der Waals surface area contributed by atoms with Crippen molar-refractivity contribution < 1.29 is 22.7 Å². The number of hydrogen-bond donors (Lipinski definition) is 0. The van der Waals surface area contributed by atoms with Crippen molar-refractivity contribution in [3.63, 3.8) is 0 Å². The Labute approximate surface area is 168 Å². The van der Waals surface area contributed by atoms with E-state index in [1.54, 1.807) is 7.11 Å². The molecule has 3 heterocycles. The molecule has 2 aromatic rings. The van der Waals surface area contributed by atoms with Gasteiger partial charge in [0.15, 0.2) is 0 Å². The number of likely N-dealkylation sites (tertiary alicyclic amines) is 1. The van der Waals surface area contributed by atoms with Gasteiger partial charge >= 0.3 is 0 Å². The van der Waals surface area contributed by atoms with Gasteiger partial charge in [0.25, 0.3) is 0 Å². The topological polar surface area (TPSA) is 58.8 Å². The minimum atomic E-state index is -0.677. The first kappa shape index (κ1) is 20.0. The number of piperidine rings is 1. The van der Waals surface area contributed by atoms with E-state index in [9.17, 15) is 13.6 Å². The number of aromatic nitrogens is 1. The van der Waals surface area contributed by atoms with Crippen molar-refractivity contribution in [1.82, 2.24) is 14.8 Å². The number of carbonyl (C=O) groups is 1. The van der Waals surface area contributed by atoms with Gasteiger partial charge in [-0.25, -0.2) is 13.8 Å². The fraction of sp³-hybridized carbons (Fsp3) is 0.524. The molecule has 29 heavy (non-hydrogen) atoms. The molecule has 0 radical (unpaired) electrons. The van der Waals surface area contributed by atoms with Crippen LogP contribution in [0.1, 0.15) is 24.3 Å². The Hall–Kier alpha value is -2.32. The zero-order valence-electron chi connectivity index (χ0n) is 16.5. The molecular formula is C21H25F2N3O3. The molecule has 4 rings (SSSR count). The number of methoxy groups -OCH3 is 1. The molecule has 1 fully saturated rings. The van der Waals surface area contributed by atoms with E-state index in [1.807, 2.05) is 4.90 Å². The first-order chi connectivity index (χ1) is 14.0. The zero-order valence-corrected chi connectivity index (χ0v) is 16.5. The Morgan fingerprint density at radius 1 is 1.28 bits per heavy atom. The van der Waals surface area contributed by atoms with Crippen LogP contribution in [0, 0.1) is 17.6 Å². The molecule has 6 nitrogen and oxygen atoms in total. The number of halogens is 2. The third-order valence-corrected chi connectivity index (χ3v) is 5.62. The molecule has 156 valence electrons. The summed E-state index contributed by atoms with van der Waals surface area (Å²) in [5.41, 5.74) is 0.923. The van der Waals surface area contributed by atoms with Crippen LogP contribution in [0.3, 0.4) is 0 Å². The number of carbonyl (C=O) groups excluding carboxylic acids is 1. The van der Waals surface area contributed by atoms with Crippen LogP contribution in [-0.2, 0) is 22.5 Å². The van der Waals surface area contributed by atoms with Gasteiger partial charge < -0.3 is 19.0 Å². The Morgan fingerprint density at radius 2 is 2.07 bits per heavy atom. The lowest BCUT2D eigenvalue weighted by molar-refractivity contribution is -0.138. The lowest BCUT2D eigenvalue weighted by atomic mass is 9.95. The molecule has 2 aliphatic heterocycles. The number of amides is 1. The minimum Gasteiger partial charge on any atom is -0.441 e. The fourth-order valence-corrected chi connectivity index (χ4v) is 4.13. The minimum absolute atomic E-state index is 0.0224. The van der Waals surface area contributed by atoms with E-state index in [0.717, 1.165) is 38.5 Å². The van der Waals surface area contributed by atoms with Gasteiger partial charge in [-0.2, -0.15) is 0 Å². The third-order valence-electron chi connectivity index (χ3n) is 5.62. The third kappa shape index (κ3) is 4.48. The number of oxazole rings is 1. The van der Waals surface area contributed by atoms with Gasteiger partial charge in [-0.15, -0.1) is 0 Å². The molecule has 0 N–H and O–H groups in total. The average Bonchev–Trinajstić information content (AvgIpc) is 3.14. The lowest BCUT2D eigenvalue weighted by Gasteiger charge is -2.35. The van der Waals surface area contributed by atoms with Gasteiger partial charge in [-0.3, -0.25) is 4.79 Å². The van der Waals surface area contributed by atoms with Crippen LogP contribution in [0.25, 0.3) is 11.5 Å². The smallest absolute Gasteiger partial charge is 0.227 e. The van der Waals surface area contributed by atoms with E-state index in [0.29, 0.717) is 37.6 Å². The first-order valence-electron chi connectivity index (χ1n) is 9.98. The Kier molecular flexibility index (Phi) is 5.91. The Morgan fingerprint density at radius 3 is 2.83 bits per heavy atom. The predicted octanol–water partition coefficient (Wildman–Crippen LogP) is 2.86. The molecule has 1 atom stereocenters. The summed E-state index contributed by atoms with van der Waals surface area (Å²) in [6, 6.07) is 3.20. The molecule has 1 amide bonds. The number of hydrogen-bond acceptors (Lipinski definition) is 5. The van der Waals surface area contributed by atoms with Crippen LogP contribution >= 0.6 is 0 Å². The van der Waals surface area contributed by atoms with Crippen molar-refractivity contribution in [2.45, 2.75) is 25.8 Å². The van der Waals surface area contributed by atoms with Gasteiger partial charge in [0.2, 0.25) is 11.8 Å². The Balaban J connectivity index is 1.44. The van der Waals surface area contributed by atoms with Crippen molar-refractivity contribution in [3.8, 4) is 11.5 Å². The maximum Gasteiger partial charge on any atom is 0.227 e. The SMILES string of the molecule is COCCN1CCCC(C(=O)N2CCc3oc(-c4cc(F)cc(F)c4)nc3C2)C1. The second-order valence-corrected chi connectivity index (χ2v) is 7.69. The summed E-state index contributed by atoms with van der Waals surface area (Å²) in [4.78, 5) is 21.6. The number of nitrogens with zero attached hydrogens (tertiary/aromatic N) is 3. The van der Waals surface area contributed by atoms with Crippen LogP contribution < -0.4 is 0 Å². The second-order valence-electron chi connectivity index (χ2n) is 7.69. The summed E-state index contributed by atoms with van der Waals surface area (Å²) in [6.45, 7) is 4.17. The van der Waals surface area contributed by atoms with Crippen LogP contribution in [0.5, 0.6) is 0 Å². The van der Waals surface area contributed by atoms with Crippen LogP contribution in [0.4, 0.5) is 8.78 Å². The normalized spacial score (nSPS) is 20.0. The zero-order chi connectivity index (χ0) is 20.4.